The van der Waals surface area contributed by atoms with Crippen LogP contribution in [0.25, 0.3) is 0 Å². The van der Waals surface area contributed by atoms with E-state index in [9.17, 15) is 0 Å². The molecule has 0 fully saturated rings. The molecule has 0 aliphatic rings. The lowest BCUT2D eigenvalue weighted by molar-refractivity contribution is 0.166. The van der Waals surface area contributed by atoms with Crippen molar-refractivity contribution in [3.05, 3.63) is 6.92 Å². The Morgan fingerprint density at radius 3 is 2.25 bits per heavy atom. The van der Waals surface area contributed by atoms with E-state index in [1.54, 1.807) is 0 Å². The van der Waals surface area contributed by atoms with E-state index < -0.39 is 0 Å². The molecule has 0 heteroatoms. The molecule has 0 bridgehead atoms. The normalized spacial score (nSPS) is 18.8. The zero-order valence-corrected chi connectivity index (χ0v) is 9.32. The van der Waals surface area contributed by atoms with Gasteiger partial charge in [-0.05, 0) is 17.8 Å². The first-order valence-electron chi connectivity index (χ1n) is 5.40. The molecule has 0 aliphatic heterocycles. The third-order valence-corrected chi connectivity index (χ3v) is 3.47. The Balaban J connectivity index is 4.08. The van der Waals surface area contributed by atoms with Crippen LogP contribution in [0.1, 0.15) is 59.8 Å². The Morgan fingerprint density at radius 2 is 1.92 bits per heavy atom. The summed E-state index contributed by atoms with van der Waals surface area (Å²) in [5, 5.41) is 0. The van der Waals surface area contributed by atoms with Crippen molar-refractivity contribution in [3.63, 3.8) is 0 Å². The quantitative estimate of drug-likeness (QED) is 0.551. The molecule has 2 atom stereocenters. The predicted octanol–water partition coefficient (Wildman–Crippen LogP) is 4.45. The highest BCUT2D eigenvalue weighted by atomic mass is 14.3. The smallest absolute Gasteiger partial charge is 0.0303 e. The summed E-state index contributed by atoms with van der Waals surface area (Å²) in [7, 11) is 0. The highest BCUT2D eigenvalue weighted by molar-refractivity contribution is 4.78. The molecule has 0 spiro atoms. The molecule has 0 N–H and O–H groups in total. The first kappa shape index (κ1) is 12.0. The van der Waals surface area contributed by atoms with Crippen LogP contribution < -0.4 is 0 Å². The maximum absolute atomic E-state index is 3.96. The van der Waals surface area contributed by atoms with Gasteiger partial charge < -0.3 is 0 Å². The van der Waals surface area contributed by atoms with E-state index in [-0.39, 0.29) is 0 Å². The van der Waals surface area contributed by atoms with Gasteiger partial charge in [-0.1, -0.05) is 60.3 Å². The second kappa shape index (κ2) is 5.61. The summed E-state index contributed by atoms with van der Waals surface area (Å²) in [5.74, 6) is 0.856. The Labute approximate surface area is 78.8 Å². The molecule has 12 heavy (non-hydrogen) atoms. The Kier molecular flexibility index (Phi) is 5.61. The Hall–Kier alpha value is 0. The minimum Gasteiger partial charge on any atom is -0.0654 e. The molecule has 0 aliphatic carbocycles. The Bertz CT molecular complexity index is 107. The first-order chi connectivity index (χ1) is 5.60. The summed E-state index contributed by atoms with van der Waals surface area (Å²) >= 11 is 0. The molecule has 0 aromatic carbocycles. The number of rotatable bonds is 6. The first-order valence-corrected chi connectivity index (χ1v) is 5.40. The third-order valence-electron chi connectivity index (χ3n) is 3.47. The summed E-state index contributed by atoms with van der Waals surface area (Å²) in [5.41, 5.74) is 0.539. The zero-order valence-electron chi connectivity index (χ0n) is 9.32. The van der Waals surface area contributed by atoms with Crippen LogP contribution in [-0.2, 0) is 0 Å². The van der Waals surface area contributed by atoms with Crippen LogP contribution in [0.3, 0.4) is 0 Å². The van der Waals surface area contributed by atoms with Gasteiger partial charge in [-0.2, -0.15) is 0 Å². The fraction of sp³-hybridized carbons (Fsp3) is 0.917. The molecule has 73 valence electrons. The lowest BCUT2D eigenvalue weighted by atomic mass is 9.71. The fourth-order valence-corrected chi connectivity index (χ4v) is 1.96. The standard InChI is InChI=1S/C12H25/c1-6-9-11(4)12(5,8-3)10-7-2/h11H,2,6-10H2,1,3-5H3. The third kappa shape index (κ3) is 3.16. The highest BCUT2D eigenvalue weighted by Crippen LogP contribution is 2.38. The van der Waals surface area contributed by atoms with Crippen LogP contribution in [0.5, 0.6) is 0 Å². The molecule has 2 unspecified atom stereocenters. The second-order valence-electron chi connectivity index (χ2n) is 4.30. The average molecular weight is 169 g/mol. The largest absolute Gasteiger partial charge is 0.0654 e. The number of hydrogen-bond acceptors (Lipinski definition) is 0. The van der Waals surface area contributed by atoms with E-state index in [0.717, 1.165) is 12.3 Å². The minimum atomic E-state index is 0.539. The maximum Gasteiger partial charge on any atom is -0.0303 e. The van der Waals surface area contributed by atoms with Crippen LogP contribution in [0.15, 0.2) is 0 Å². The van der Waals surface area contributed by atoms with Crippen molar-refractivity contribution in [2.24, 2.45) is 11.3 Å². The van der Waals surface area contributed by atoms with E-state index in [0.29, 0.717) is 5.41 Å². The van der Waals surface area contributed by atoms with Crippen LogP contribution >= 0.6 is 0 Å². The molecular weight excluding hydrogens is 144 g/mol. The van der Waals surface area contributed by atoms with Crippen LogP contribution in [0.4, 0.5) is 0 Å². The molecule has 0 amide bonds. The lowest BCUT2D eigenvalue weighted by Gasteiger charge is -2.34. The summed E-state index contributed by atoms with van der Waals surface area (Å²) in [6, 6.07) is 0. The summed E-state index contributed by atoms with van der Waals surface area (Å²) in [6.07, 6.45) is 6.34. The topological polar surface area (TPSA) is 0 Å². The van der Waals surface area contributed by atoms with Crippen molar-refractivity contribution in [1.82, 2.24) is 0 Å². The van der Waals surface area contributed by atoms with Gasteiger partial charge in [0, 0.05) is 0 Å². The number of hydrogen-bond donors (Lipinski definition) is 0. The van der Waals surface area contributed by atoms with Gasteiger partial charge in [0.05, 0.1) is 0 Å². The van der Waals surface area contributed by atoms with E-state index in [2.05, 4.69) is 34.6 Å². The van der Waals surface area contributed by atoms with Gasteiger partial charge in [0.15, 0.2) is 0 Å². The van der Waals surface area contributed by atoms with Gasteiger partial charge in [-0.25, -0.2) is 0 Å². The van der Waals surface area contributed by atoms with Crippen molar-refractivity contribution in [2.75, 3.05) is 0 Å². The molecule has 0 rings (SSSR count). The minimum absolute atomic E-state index is 0.539. The SMILES string of the molecule is [CH2]CCC(C)(CC)C(C)CCC. The van der Waals surface area contributed by atoms with Crippen LogP contribution in [-0.4, -0.2) is 0 Å². The van der Waals surface area contributed by atoms with Gasteiger partial charge in [0.2, 0.25) is 0 Å². The maximum atomic E-state index is 3.96. The van der Waals surface area contributed by atoms with Crippen molar-refractivity contribution < 1.29 is 0 Å². The molecule has 1 radical (unpaired) electrons. The van der Waals surface area contributed by atoms with E-state index in [1.165, 1.54) is 25.7 Å². The van der Waals surface area contributed by atoms with Gasteiger partial charge in [0.1, 0.15) is 0 Å². The van der Waals surface area contributed by atoms with Gasteiger partial charge in [-0.15, -0.1) is 0 Å². The van der Waals surface area contributed by atoms with E-state index >= 15 is 0 Å². The molecule has 0 heterocycles. The van der Waals surface area contributed by atoms with Gasteiger partial charge in [0.25, 0.3) is 0 Å². The van der Waals surface area contributed by atoms with Crippen molar-refractivity contribution in [3.8, 4) is 0 Å². The van der Waals surface area contributed by atoms with Crippen LogP contribution in [0, 0.1) is 18.3 Å². The molecular formula is C12H25. The van der Waals surface area contributed by atoms with E-state index in [4.69, 9.17) is 0 Å². The van der Waals surface area contributed by atoms with Crippen molar-refractivity contribution in [1.29, 1.82) is 0 Å². The summed E-state index contributed by atoms with van der Waals surface area (Å²) in [4.78, 5) is 0. The van der Waals surface area contributed by atoms with Gasteiger partial charge >= 0.3 is 0 Å². The lowest BCUT2D eigenvalue weighted by Crippen LogP contribution is -2.24. The molecule has 0 saturated carbocycles. The predicted molar refractivity (Wildman–Crippen MR) is 57.1 cm³/mol. The summed E-state index contributed by atoms with van der Waals surface area (Å²) < 4.78 is 0. The highest BCUT2D eigenvalue weighted by Gasteiger charge is 2.27. The fourth-order valence-electron chi connectivity index (χ4n) is 1.96. The van der Waals surface area contributed by atoms with Crippen molar-refractivity contribution in [2.45, 2.75) is 59.8 Å². The van der Waals surface area contributed by atoms with Crippen LogP contribution in [0.2, 0.25) is 0 Å². The Morgan fingerprint density at radius 1 is 1.33 bits per heavy atom. The molecule has 0 aromatic heterocycles. The van der Waals surface area contributed by atoms with Crippen molar-refractivity contribution >= 4 is 0 Å². The zero-order chi connectivity index (χ0) is 9.61. The summed E-state index contributed by atoms with van der Waals surface area (Å²) in [6.45, 7) is 13.3. The average Bonchev–Trinajstić information content (AvgIpc) is 2.05. The van der Waals surface area contributed by atoms with Gasteiger partial charge in [-0.3, -0.25) is 0 Å². The molecule has 0 nitrogen and oxygen atoms in total. The monoisotopic (exact) mass is 169 g/mol. The molecule has 0 aromatic rings. The van der Waals surface area contributed by atoms with E-state index in [1.807, 2.05) is 0 Å². The molecule has 0 saturated heterocycles. The second-order valence-corrected chi connectivity index (χ2v) is 4.30.